The van der Waals surface area contributed by atoms with Gasteiger partial charge < -0.3 is 9.80 Å². The number of aromatic nitrogens is 7. The molecule has 5 heterocycles. The lowest BCUT2D eigenvalue weighted by Crippen LogP contribution is -2.45. The topological polar surface area (TPSA) is 123 Å². The lowest BCUT2D eigenvalue weighted by Gasteiger charge is -2.39. The predicted molar refractivity (Wildman–Crippen MR) is 114 cm³/mol. The SMILES string of the molecule is Cc1nc(-c2cnccn2)sc1C(=O)N1CCC2(CCN(C(=O)Cn3cnnn3)CC2)C1. The minimum absolute atomic E-state index is 0.0231. The van der Waals surface area contributed by atoms with E-state index in [1.807, 2.05) is 16.7 Å². The molecule has 2 fully saturated rings. The Balaban J connectivity index is 1.21. The molecule has 2 aliphatic heterocycles. The van der Waals surface area contributed by atoms with Crippen LogP contribution in [-0.4, -0.2) is 83.0 Å². The van der Waals surface area contributed by atoms with Gasteiger partial charge in [0.2, 0.25) is 5.91 Å². The molecule has 32 heavy (non-hydrogen) atoms. The van der Waals surface area contributed by atoms with Crippen molar-refractivity contribution in [2.24, 2.45) is 5.41 Å². The Hall–Kier alpha value is -3.28. The van der Waals surface area contributed by atoms with Crippen LogP contribution in [0.5, 0.6) is 0 Å². The van der Waals surface area contributed by atoms with Crippen LogP contribution in [0.4, 0.5) is 0 Å². The van der Waals surface area contributed by atoms with Gasteiger partial charge in [0.25, 0.3) is 5.91 Å². The lowest BCUT2D eigenvalue weighted by molar-refractivity contribution is -0.134. The van der Waals surface area contributed by atoms with Gasteiger partial charge in [0.15, 0.2) is 0 Å². The molecule has 166 valence electrons. The van der Waals surface area contributed by atoms with Gasteiger partial charge in [-0.15, -0.1) is 16.4 Å². The fourth-order valence-electron chi connectivity index (χ4n) is 4.50. The minimum atomic E-state index is 0.0231. The van der Waals surface area contributed by atoms with E-state index >= 15 is 0 Å². The molecule has 2 amide bonds. The third kappa shape index (κ3) is 3.97. The van der Waals surface area contributed by atoms with E-state index < -0.39 is 0 Å². The molecule has 0 aliphatic carbocycles. The second-order valence-electron chi connectivity index (χ2n) is 8.39. The number of carbonyl (C=O) groups excluding carboxylic acids is 2. The highest BCUT2D eigenvalue weighted by Crippen LogP contribution is 2.41. The van der Waals surface area contributed by atoms with Crippen LogP contribution in [0.2, 0.25) is 0 Å². The van der Waals surface area contributed by atoms with Crippen LogP contribution in [0.1, 0.15) is 34.6 Å². The van der Waals surface area contributed by atoms with Gasteiger partial charge in [0.05, 0.1) is 11.9 Å². The Kier molecular flexibility index (Phi) is 5.37. The van der Waals surface area contributed by atoms with Crippen LogP contribution in [0.15, 0.2) is 24.9 Å². The minimum Gasteiger partial charge on any atom is -0.341 e. The average molecular weight is 454 g/mol. The number of tetrazole rings is 1. The number of likely N-dealkylation sites (tertiary alicyclic amines) is 2. The number of aryl methyl sites for hydroxylation is 1. The van der Waals surface area contributed by atoms with Crippen LogP contribution < -0.4 is 0 Å². The quantitative estimate of drug-likeness (QED) is 0.574. The summed E-state index contributed by atoms with van der Waals surface area (Å²) >= 11 is 1.37. The van der Waals surface area contributed by atoms with Crippen LogP contribution in [0.3, 0.4) is 0 Å². The average Bonchev–Trinajstić information content (AvgIpc) is 3.55. The molecule has 11 nitrogen and oxygen atoms in total. The smallest absolute Gasteiger partial charge is 0.265 e. The first kappa shape index (κ1) is 20.6. The zero-order chi connectivity index (χ0) is 22.1. The van der Waals surface area contributed by atoms with Crippen LogP contribution in [0.25, 0.3) is 10.7 Å². The van der Waals surface area contributed by atoms with Gasteiger partial charge >= 0.3 is 0 Å². The molecule has 2 aliphatic rings. The zero-order valence-electron chi connectivity index (χ0n) is 17.7. The Labute approximate surface area is 188 Å². The van der Waals surface area contributed by atoms with Crippen molar-refractivity contribution < 1.29 is 9.59 Å². The summed E-state index contributed by atoms with van der Waals surface area (Å²) in [6.07, 6.45) is 9.09. The number of piperidine rings is 1. The Morgan fingerprint density at radius 2 is 1.91 bits per heavy atom. The van der Waals surface area contributed by atoms with Gasteiger partial charge in [-0.25, -0.2) is 9.67 Å². The molecule has 0 radical (unpaired) electrons. The standard InChI is InChI=1S/C20H23N9O2S/c1-14-17(32-18(24-14)15-10-21-5-6-22-15)19(31)28-9-4-20(12-28)2-7-27(8-3-20)16(30)11-29-13-23-25-26-29/h5-6,10,13H,2-4,7-9,11-12H2,1H3. The zero-order valence-corrected chi connectivity index (χ0v) is 18.5. The summed E-state index contributed by atoms with van der Waals surface area (Å²) < 4.78 is 1.44. The van der Waals surface area contributed by atoms with Gasteiger partial charge in [0.1, 0.15) is 28.5 Å². The number of hydrogen-bond donors (Lipinski definition) is 0. The number of nitrogens with zero attached hydrogens (tertiary/aromatic N) is 9. The molecule has 3 aromatic heterocycles. The highest BCUT2D eigenvalue weighted by molar-refractivity contribution is 7.17. The fraction of sp³-hybridized carbons (Fsp3) is 0.500. The Bertz CT molecular complexity index is 1110. The molecule has 5 rings (SSSR count). The first-order valence-electron chi connectivity index (χ1n) is 10.5. The molecule has 0 unspecified atom stereocenters. The molecular formula is C20H23N9O2S. The maximum absolute atomic E-state index is 13.3. The molecule has 12 heteroatoms. The normalized spacial score (nSPS) is 17.8. The summed E-state index contributed by atoms with van der Waals surface area (Å²) in [6.45, 7) is 4.86. The Morgan fingerprint density at radius 3 is 2.59 bits per heavy atom. The van der Waals surface area contributed by atoms with Crippen molar-refractivity contribution in [3.63, 3.8) is 0 Å². The summed E-state index contributed by atoms with van der Waals surface area (Å²) in [6, 6.07) is 0. The first-order valence-corrected chi connectivity index (χ1v) is 11.4. The predicted octanol–water partition coefficient (Wildman–Crippen LogP) is 1.05. The summed E-state index contributed by atoms with van der Waals surface area (Å²) in [5.41, 5.74) is 1.48. The van der Waals surface area contributed by atoms with Crippen LogP contribution >= 0.6 is 11.3 Å². The third-order valence-corrected chi connectivity index (χ3v) is 7.53. The number of hydrogen-bond acceptors (Lipinski definition) is 9. The van der Waals surface area contributed by atoms with Crippen molar-refractivity contribution in [1.82, 2.24) is 45.0 Å². The van der Waals surface area contributed by atoms with E-state index in [1.165, 1.54) is 22.3 Å². The number of rotatable bonds is 4. The maximum atomic E-state index is 13.3. The molecule has 0 saturated carbocycles. The number of carbonyl (C=O) groups is 2. The molecule has 0 atom stereocenters. The van der Waals surface area contributed by atoms with Gasteiger partial charge in [-0.2, -0.15) is 0 Å². The van der Waals surface area contributed by atoms with Gasteiger partial charge in [-0.3, -0.25) is 19.6 Å². The highest BCUT2D eigenvalue weighted by atomic mass is 32.1. The maximum Gasteiger partial charge on any atom is 0.265 e. The van der Waals surface area contributed by atoms with Crippen molar-refractivity contribution >= 4 is 23.2 Å². The highest BCUT2D eigenvalue weighted by Gasteiger charge is 2.43. The summed E-state index contributed by atoms with van der Waals surface area (Å²) in [4.78, 5) is 43.2. The van der Waals surface area contributed by atoms with Gasteiger partial charge in [-0.05, 0) is 42.0 Å². The van der Waals surface area contributed by atoms with E-state index in [4.69, 9.17) is 0 Å². The number of thiazole rings is 1. The second kappa shape index (κ2) is 8.34. The van der Waals surface area contributed by atoms with E-state index in [0.717, 1.165) is 38.0 Å². The molecule has 3 aromatic rings. The Morgan fingerprint density at radius 1 is 1.12 bits per heavy atom. The number of amides is 2. The van der Waals surface area contributed by atoms with Crippen molar-refractivity contribution in [2.75, 3.05) is 26.2 Å². The van der Waals surface area contributed by atoms with Crippen molar-refractivity contribution in [1.29, 1.82) is 0 Å². The monoisotopic (exact) mass is 453 g/mol. The van der Waals surface area contributed by atoms with Crippen LogP contribution in [-0.2, 0) is 11.3 Å². The van der Waals surface area contributed by atoms with E-state index in [-0.39, 0.29) is 23.8 Å². The first-order chi connectivity index (χ1) is 15.5. The molecule has 2 saturated heterocycles. The van der Waals surface area contributed by atoms with Crippen molar-refractivity contribution in [3.05, 3.63) is 35.5 Å². The van der Waals surface area contributed by atoms with E-state index in [2.05, 4.69) is 30.5 Å². The van der Waals surface area contributed by atoms with Gasteiger partial charge in [-0.1, -0.05) is 0 Å². The van der Waals surface area contributed by atoms with E-state index in [1.54, 1.807) is 18.6 Å². The molecule has 0 bridgehead atoms. The molecular weight excluding hydrogens is 430 g/mol. The fourth-order valence-corrected chi connectivity index (χ4v) is 5.49. The molecule has 0 N–H and O–H groups in total. The largest absolute Gasteiger partial charge is 0.341 e. The lowest BCUT2D eigenvalue weighted by atomic mass is 9.78. The molecule has 1 spiro atoms. The summed E-state index contributed by atoms with van der Waals surface area (Å²) in [5, 5.41) is 11.6. The van der Waals surface area contributed by atoms with Crippen molar-refractivity contribution in [3.8, 4) is 10.7 Å². The van der Waals surface area contributed by atoms with Gasteiger partial charge in [0, 0.05) is 38.6 Å². The molecule has 0 aromatic carbocycles. The summed E-state index contributed by atoms with van der Waals surface area (Å²) in [5.74, 6) is 0.0547. The third-order valence-electron chi connectivity index (χ3n) is 6.36. The van der Waals surface area contributed by atoms with E-state index in [0.29, 0.717) is 28.7 Å². The second-order valence-corrected chi connectivity index (χ2v) is 9.39. The van der Waals surface area contributed by atoms with E-state index in [9.17, 15) is 9.59 Å². The van der Waals surface area contributed by atoms with Crippen LogP contribution in [0, 0.1) is 12.3 Å². The summed E-state index contributed by atoms with van der Waals surface area (Å²) in [7, 11) is 0. The van der Waals surface area contributed by atoms with Crippen molar-refractivity contribution in [2.45, 2.75) is 32.7 Å².